The second kappa shape index (κ2) is 7.35. The smallest absolute Gasteiger partial charge is 0.423 e. The van der Waals surface area contributed by atoms with Crippen LogP contribution in [0.1, 0.15) is 23.2 Å². The van der Waals surface area contributed by atoms with Gasteiger partial charge in [-0.2, -0.15) is 0 Å². The molecule has 1 saturated heterocycles. The predicted molar refractivity (Wildman–Crippen MR) is 79.3 cm³/mol. The van der Waals surface area contributed by atoms with Gasteiger partial charge in [0.1, 0.15) is 0 Å². The Labute approximate surface area is 123 Å². The highest BCUT2D eigenvalue weighted by Gasteiger charge is 2.18. The maximum absolute atomic E-state index is 11.9. The topological polar surface area (TPSA) is 89.9 Å². The molecule has 1 aromatic carbocycles. The van der Waals surface area contributed by atoms with Crippen LogP contribution in [0.25, 0.3) is 0 Å². The average molecular weight is 290 g/mol. The number of carbonyl (C=O) groups is 2. The van der Waals surface area contributed by atoms with Gasteiger partial charge in [-0.15, -0.1) is 0 Å². The molecule has 0 aromatic heterocycles. The first-order chi connectivity index (χ1) is 10.1. The second-order valence-electron chi connectivity index (χ2n) is 5.13. The van der Waals surface area contributed by atoms with Crippen molar-refractivity contribution >= 4 is 24.3 Å². The minimum atomic E-state index is -1.58. The number of likely N-dealkylation sites (tertiary alicyclic amines) is 1. The van der Waals surface area contributed by atoms with Gasteiger partial charge in [0, 0.05) is 18.7 Å². The lowest BCUT2D eigenvalue weighted by atomic mass is 9.80. The Morgan fingerprint density at radius 3 is 2.33 bits per heavy atom. The summed E-state index contributed by atoms with van der Waals surface area (Å²) >= 11 is 0. The molecule has 1 amide bonds. The van der Waals surface area contributed by atoms with Crippen LogP contribution in [-0.2, 0) is 4.79 Å². The van der Waals surface area contributed by atoms with Gasteiger partial charge in [0.15, 0.2) is 0 Å². The van der Waals surface area contributed by atoms with Crippen LogP contribution in [-0.4, -0.2) is 59.9 Å². The Hall–Kier alpha value is -1.70. The molecule has 0 atom stereocenters. The summed E-state index contributed by atoms with van der Waals surface area (Å²) in [5.41, 5.74) is 0.513. The maximum Gasteiger partial charge on any atom is 0.488 e. The first-order valence-electron chi connectivity index (χ1n) is 7.09. The van der Waals surface area contributed by atoms with E-state index in [0.29, 0.717) is 6.54 Å². The first kappa shape index (κ1) is 15.7. The van der Waals surface area contributed by atoms with E-state index in [0.717, 1.165) is 19.6 Å². The summed E-state index contributed by atoms with van der Waals surface area (Å²) in [7, 11) is -1.58. The van der Waals surface area contributed by atoms with Gasteiger partial charge in [-0.05, 0) is 31.4 Å². The molecule has 0 saturated carbocycles. The van der Waals surface area contributed by atoms with E-state index in [1.807, 2.05) is 0 Å². The van der Waals surface area contributed by atoms with Crippen LogP contribution in [0.15, 0.2) is 24.3 Å². The number of carbonyl (C=O) groups excluding carboxylic acids is 2. The third-order valence-corrected chi connectivity index (χ3v) is 3.59. The molecule has 0 unspecified atom stereocenters. The Morgan fingerprint density at radius 2 is 1.76 bits per heavy atom. The molecule has 1 heterocycles. The third kappa shape index (κ3) is 4.39. The molecule has 0 radical (unpaired) electrons. The quantitative estimate of drug-likeness (QED) is 0.346. The van der Waals surface area contributed by atoms with Crippen molar-refractivity contribution in [3.05, 3.63) is 29.8 Å². The molecular formula is C14H19BN2O4. The molecule has 112 valence electrons. The van der Waals surface area contributed by atoms with Gasteiger partial charge in [-0.25, -0.2) is 0 Å². The first-order valence-corrected chi connectivity index (χ1v) is 7.09. The number of hydrogen-bond acceptors (Lipinski definition) is 5. The fourth-order valence-electron chi connectivity index (χ4n) is 2.35. The lowest BCUT2D eigenvalue weighted by Crippen LogP contribution is -2.37. The van der Waals surface area contributed by atoms with Crippen molar-refractivity contribution in [2.75, 3.05) is 26.2 Å². The number of ketones is 1. The second-order valence-corrected chi connectivity index (χ2v) is 5.13. The van der Waals surface area contributed by atoms with E-state index in [2.05, 4.69) is 10.2 Å². The largest absolute Gasteiger partial charge is 0.488 e. The number of nitrogens with one attached hydrogen (secondary N) is 1. The summed E-state index contributed by atoms with van der Waals surface area (Å²) in [6, 6.07) is 5.65. The number of amides is 1. The highest BCUT2D eigenvalue weighted by Crippen LogP contribution is 2.05. The van der Waals surface area contributed by atoms with Gasteiger partial charge >= 0.3 is 7.12 Å². The zero-order valence-corrected chi connectivity index (χ0v) is 11.8. The Bertz CT molecular complexity index is 498. The molecule has 0 spiro atoms. The monoisotopic (exact) mass is 290 g/mol. The van der Waals surface area contributed by atoms with Crippen molar-refractivity contribution in [1.82, 2.24) is 10.2 Å². The molecule has 0 bridgehead atoms. The summed E-state index contributed by atoms with van der Waals surface area (Å²) in [6.07, 6.45) is 2.38. The van der Waals surface area contributed by atoms with Gasteiger partial charge < -0.3 is 20.3 Å². The van der Waals surface area contributed by atoms with Crippen LogP contribution in [0.3, 0.4) is 0 Å². The standard InChI is InChI=1S/C14H19BN2O4/c18-13(11-3-5-12(6-4-11)15(20)21)14(19)16-7-10-17-8-1-2-9-17/h3-6,20-21H,1-2,7-10H2,(H,16,19). The normalized spacial score (nSPS) is 15.0. The van der Waals surface area contributed by atoms with E-state index in [4.69, 9.17) is 10.0 Å². The maximum atomic E-state index is 11.9. The fraction of sp³-hybridized carbons (Fsp3) is 0.429. The molecule has 1 aliphatic heterocycles. The van der Waals surface area contributed by atoms with E-state index < -0.39 is 18.8 Å². The highest BCUT2D eigenvalue weighted by molar-refractivity contribution is 6.58. The number of Topliss-reactive ketones (excluding diaryl/α,β-unsaturated/α-hetero) is 1. The van der Waals surface area contributed by atoms with Gasteiger partial charge in [-0.1, -0.05) is 24.3 Å². The Balaban J connectivity index is 1.82. The van der Waals surface area contributed by atoms with Crippen molar-refractivity contribution in [2.24, 2.45) is 0 Å². The molecule has 7 heteroatoms. The summed E-state index contributed by atoms with van der Waals surface area (Å²) in [5, 5.41) is 20.6. The zero-order chi connectivity index (χ0) is 15.2. The lowest BCUT2D eigenvalue weighted by Gasteiger charge is -2.14. The Kier molecular flexibility index (Phi) is 5.49. The van der Waals surface area contributed by atoms with Crippen molar-refractivity contribution < 1.29 is 19.6 Å². The van der Waals surface area contributed by atoms with Crippen LogP contribution >= 0.6 is 0 Å². The Morgan fingerprint density at radius 1 is 1.14 bits per heavy atom. The lowest BCUT2D eigenvalue weighted by molar-refractivity contribution is -0.117. The van der Waals surface area contributed by atoms with Crippen LogP contribution < -0.4 is 10.8 Å². The minimum absolute atomic E-state index is 0.234. The molecule has 6 nitrogen and oxygen atoms in total. The predicted octanol–water partition coefficient (Wildman–Crippen LogP) is -1.24. The molecular weight excluding hydrogens is 271 g/mol. The summed E-state index contributed by atoms with van der Waals surface area (Å²) in [5.74, 6) is -1.25. The van der Waals surface area contributed by atoms with E-state index in [1.165, 1.54) is 37.1 Å². The van der Waals surface area contributed by atoms with Crippen molar-refractivity contribution in [3.63, 3.8) is 0 Å². The average Bonchev–Trinajstić information content (AvgIpc) is 2.99. The number of hydrogen-bond donors (Lipinski definition) is 3. The van der Waals surface area contributed by atoms with E-state index in [9.17, 15) is 9.59 Å². The van der Waals surface area contributed by atoms with Crippen molar-refractivity contribution in [1.29, 1.82) is 0 Å². The van der Waals surface area contributed by atoms with Crippen molar-refractivity contribution in [2.45, 2.75) is 12.8 Å². The van der Waals surface area contributed by atoms with Crippen LogP contribution in [0.4, 0.5) is 0 Å². The highest BCUT2D eigenvalue weighted by atomic mass is 16.4. The van der Waals surface area contributed by atoms with Gasteiger partial charge in [0.05, 0.1) is 0 Å². The van der Waals surface area contributed by atoms with Gasteiger partial charge in [0.2, 0.25) is 5.78 Å². The van der Waals surface area contributed by atoms with Gasteiger partial charge in [-0.3, -0.25) is 9.59 Å². The molecule has 1 fully saturated rings. The molecule has 1 aromatic rings. The van der Waals surface area contributed by atoms with Gasteiger partial charge in [0.25, 0.3) is 5.91 Å². The van der Waals surface area contributed by atoms with Crippen molar-refractivity contribution in [3.8, 4) is 0 Å². The number of nitrogens with zero attached hydrogens (tertiary/aromatic N) is 1. The molecule has 3 N–H and O–H groups in total. The third-order valence-electron chi connectivity index (χ3n) is 3.59. The summed E-state index contributed by atoms with van der Waals surface area (Å²) in [4.78, 5) is 25.9. The number of rotatable bonds is 6. The van der Waals surface area contributed by atoms with Crippen LogP contribution in [0.5, 0.6) is 0 Å². The molecule has 1 aliphatic rings. The number of benzene rings is 1. The van der Waals surface area contributed by atoms with E-state index >= 15 is 0 Å². The summed E-state index contributed by atoms with van der Waals surface area (Å²) in [6.45, 7) is 3.32. The van der Waals surface area contributed by atoms with Crippen LogP contribution in [0, 0.1) is 0 Å². The van der Waals surface area contributed by atoms with E-state index in [1.54, 1.807) is 0 Å². The molecule has 2 rings (SSSR count). The molecule has 21 heavy (non-hydrogen) atoms. The minimum Gasteiger partial charge on any atom is -0.423 e. The SMILES string of the molecule is O=C(NCCN1CCCC1)C(=O)c1ccc(B(O)O)cc1. The zero-order valence-electron chi connectivity index (χ0n) is 11.8. The summed E-state index contributed by atoms with van der Waals surface area (Å²) < 4.78 is 0. The molecule has 0 aliphatic carbocycles. The fourth-order valence-corrected chi connectivity index (χ4v) is 2.35. The van der Waals surface area contributed by atoms with Crippen LogP contribution in [0.2, 0.25) is 0 Å². The van der Waals surface area contributed by atoms with E-state index in [-0.39, 0.29) is 11.0 Å².